The Bertz CT molecular complexity index is 971. The Labute approximate surface area is 194 Å². The average Bonchev–Trinajstić information content (AvgIpc) is 2.80. The van der Waals surface area contributed by atoms with Gasteiger partial charge in [-0.3, -0.25) is 19.3 Å². The number of carbonyl (C=O) groups is 3. The fourth-order valence-corrected chi connectivity index (χ4v) is 3.75. The molecule has 9 nitrogen and oxygen atoms in total. The van der Waals surface area contributed by atoms with E-state index in [4.69, 9.17) is 4.74 Å². The van der Waals surface area contributed by atoms with Crippen LogP contribution in [0.5, 0.6) is 5.75 Å². The van der Waals surface area contributed by atoms with E-state index in [0.29, 0.717) is 17.9 Å². The number of methoxy groups -OCH3 is 1. The minimum atomic E-state index is -0.762. The van der Waals surface area contributed by atoms with Crippen molar-refractivity contribution in [1.82, 2.24) is 15.1 Å². The van der Waals surface area contributed by atoms with Gasteiger partial charge in [-0.05, 0) is 42.9 Å². The van der Waals surface area contributed by atoms with E-state index < -0.39 is 11.8 Å². The summed E-state index contributed by atoms with van der Waals surface area (Å²) in [6.07, 6.45) is 0. The van der Waals surface area contributed by atoms with Gasteiger partial charge in [-0.1, -0.05) is 18.2 Å². The molecule has 3 N–H and O–H groups in total. The molecule has 1 saturated heterocycles. The number of hydrogen-bond donors (Lipinski definition) is 3. The molecule has 1 atom stereocenters. The predicted octanol–water partition coefficient (Wildman–Crippen LogP) is 1.70. The fourth-order valence-electron chi connectivity index (χ4n) is 3.75. The molecule has 33 heavy (non-hydrogen) atoms. The second-order valence-corrected chi connectivity index (χ2v) is 8.05. The molecule has 3 rings (SSSR count). The first-order valence-corrected chi connectivity index (χ1v) is 10.9. The van der Waals surface area contributed by atoms with Gasteiger partial charge in [-0.25, -0.2) is 0 Å². The number of nitrogens with one attached hydrogen (secondary N) is 3. The summed E-state index contributed by atoms with van der Waals surface area (Å²) >= 11 is 0. The Hall–Kier alpha value is -3.43. The summed E-state index contributed by atoms with van der Waals surface area (Å²) in [7, 11) is 3.71. The summed E-state index contributed by atoms with van der Waals surface area (Å²) in [6, 6.07) is 14.3. The number of hydrogen-bond acceptors (Lipinski definition) is 6. The van der Waals surface area contributed by atoms with E-state index in [1.807, 2.05) is 24.3 Å². The third-order valence-corrected chi connectivity index (χ3v) is 5.58. The summed E-state index contributed by atoms with van der Waals surface area (Å²) in [5, 5.41) is 8.00. The van der Waals surface area contributed by atoms with Gasteiger partial charge >= 0.3 is 11.8 Å². The fraction of sp³-hybridized carbons (Fsp3) is 0.375. The molecule has 2 aromatic rings. The molecule has 1 unspecified atom stereocenters. The van der Waals surface area contributed by atoms with E-state index in [1.54, 1.807) is 31.4 Å². The van der Waals surface area contributed by atoms with E-state index in [0.717, 1.165) is 37.5 Å². The third kappa shape index (κ3) is 7.03. The van der Waals surface area contributed by atoms with Crippen LogP contribution in [0.15, 0.2) is 48.5 Å². The molecule has 1 aliphatic rings. The van der Waals surface area contributed by atoms with E-state index in [-0.39, 0.29) is 11.9 Å². The summed E-state index contributed by atoms with van der Waals surface area (Å²) in [6.45, 7) is 5.31. The molecular weight excluding hydrogens is 422 g/mol. The Morgan fingerprint density at radius 1 is 0.939 bits per heavy atom. The van der Waals surface area contributed by atoms with Crippen LogP contribution in [0.3, 0.4) is 0 Å². The number of piperazine rings is 1. The molecule has 0 bridgehead atoms. The quantitative estimate of drug-likeness (QED) is 0.552. The lowest BCUT2D eigenvalue weighted by Gasteiger charge is -2.38. The summed E-state index contributed by atoms with van der Waals surface area (Å²) < 4.78 is 5.26. The van der Waals surface area contributed by atoms with Crippen LogP contribution in [-0.2, 0) is 14.4 Å². The number of carbonyl (C=O) groups excluding carboxylic acids is 3. The number of likely N-dealkylation sites (N-methyl/N-ethyl adjacent to an activating group) is 1. The highest BCUT2D eigenvalue weighted by atomic mass is 16.5. The van der Waals surface area contributed by atoms with Crippen molar-refractivity contribution in [3.63, 3.8) is 0 Å². The van der Waals surface area contributed by atoms with Gasteiger partial charge in [-0.15, -0.1) is 0 Å². The molecule has 176 valence electrons. The van der Waals surface area contributed by atoms with Crippen LogP contribution in [0.1, 0.15) is 18.5 Å². The Morgan fingerprint density at radius 3 is 2.18 bits per heavy atom. The molecular formula is C24H31N5O4. The van der Waals surface area contributed by atoms with Gasteiger partial charge in [0, 0.05) is 51.0 Å². The first-order chi connectivity index (χ1) is 15.9. The first kappa shape index (κ1) is 24.2. The zero-order valence-electron chi connectivity index (χ0n) is 19.3. The largest absolute Gasteiger partial charge is 0.497 e. The second-order valence-electron chi connectivity index (χ2n) is 8.05. The standard InChI is InChI=1S/C24H31N5O4/c1-17(30)26-19-5-4-6-20(15-19)27-24(32)23(31)25-16-22(29-13-11-28(2)12-14-29)18-7-9-21(33-3)10-8-18/h4-10,15,22H,11-14,16H2,1-3H3,(H,25,31)(H,26,30)(H,27,32). The van der Waals surface area contributed by atoms with E-state index >= 15 is 0 Å². The third-order valence-electron chi connectivity index (χ3n) is 5.58. The summed E-state index contributed by atoms with van der Waals surface area (Å²) in [5.74, 6) is -0.931. The lowest BCUT2D eigenvalue weighted by atomic mass is 10.0. The highest BCUT2D eigenvalue weighted by Gasteiger charge is 2.25. The maximum atomic E-state index is 12.5. The summed E-state index contributed by atoms with van der Waals surface area (Å²) in [5.41, 5.74) is 2.01. The highest BCUT2D eigenvalue weighted by Crippen LogP contribution is 2.24. The maximum absolute atomic E-state index is 12.5. The van der Waals surface area contributed by atoms with Crippen LogP contribution in [0.2, 0.25) is 0 Å². The molecule has 0 saturated carbocycles. The Kier molecular flexibility index (Phi) is 8.39. The Morgan fingerprint density at radius 2 is 1.58 bits per heavy atom. The zero-order chi connectivity index (χ0) is 23.8. The van der Waals surface area contributed by atoms with Crippen molar-refractivity contribution in [2.45, 2.75) is 13.0 Å². The summed E-state index contributed by atoms with van der Waals surface area (Å²) in [4.78, 5) is 40.8. The van der Waals surface area contributed by atoms with Crippen molar-refractivity contribution in [3.8, 4) is 5.75 Å². The molecule has 9 heteroatoms. The number of anilines is 2. The molecule has 1 aliphatic heterocycles. The van der Waals surface area contributed by atoms with Gasteiger partial charge < -0.3 is 25.6 Å². The van der Waals surface area contributed by atoms with Crippen LogP contribution < -0.4 is 20.7 Å². The molecule has 0 aliphatic carbocycles. The molecule has 0 aromatic heterocycles. The average molecular weight is 454 g/mol. The van der Waals surface area contributed by atoms with Crippen LogP contribution in [-0.4, -0.2) is 74.4 Å². The van der Waals surface area contributed by atoms with Gasteiger partial charge in [0.15, 0.2) is 0 Å². The number of ether oxygens (including phenoxy) is 1. The molecule has 0 spiro atoms. The monoisotopic (exact) mass is 453 g/mol. The van der Waals surface area contributed by atoms with E-state index in [1.165, 1.54) is 6.92 Å². The molecule has 2 aromatic carbocycles. The van der Waals surface area contributed by atoms with Crippen LogP contribution in [0, 0.1) is 0 Å². The molecule has 0 radical (unpaired) electrons. The smallest absolute Gasteiger partial charge is 0.313 e. The minimum absolute atomic E-state index is 0.0653. The predicted molar refractivity (Wildman–Crippen MR) is 127 cm³/mol. The number of amides is 3. The zero-order valence-corrected chi connectivity index (χ0v) is 19.3. The van der Waals surface area contributed by atoms with E-state index in [2.05, 4.69) is 32.8 Å². The van der Waals surface area contributed by atoms with Crippen LogP contribution in [0.25, 0.3) is 0 Å². The SMILES string of the molecule is COc1ccc(C(CNC(=O)C(=O)Nc2cccc(NC(C)=O)c2)N2CCN(C)CC2)cc1. The Balaban J connectivity index is 1.64. The number of nitrogens with zero attached hydrogens (tertiary/aromatic N) is 2. The van der Waals surface area contributed by atoms with Crippen LogP contribution >= 0.6 is 0 Å². The van der Waals surface area contributed by atoms with Crippen molar-refractivity contribution >= 4 is 29.1 Å². The van der Waals surface area contributed by atoms with Crippen molar-refractivity contribution in [2.24, 2.45) is 0 Å². The normalized spacial score (nSPS) is 15.4. The lowest BCUT2D eigenvalue weighted by Crippen LogP contribution is -2.49. The van der Waals surface area contributed by atoms with Gasteiger partial charge in [0.05, 0.1) is 13.2 Å². The molecule has 1 fully saturated rings. The lowest BCUT2D eigenvalue weighted by molar-refractivity contribution is -0.136. The van der Waals surface area contributed by atoms with E-state index in [9.17, 15) is 14.4 Å². The van der Waals surface area contributed by atoms with Crippen molar-refractivity contribution < 1.29 is 19.1 Å². The van der Waals surface area contributed by atoms with Crippen LogP contribution in [0.4, 0.5) is 11.4 Å². The number of benzene rings is 2. The minimum Gasteiger partial charge on any atom is -0.497 e. The second kappa shape index (κ2) is 11.4. The maximum Gasteiger partial charge on any atom is 0.313 e. The number of rotatable bonds is 7. The topological polar surface area (TPSA) is 103 Å². The molecule has 1 heterocycles. The van der Waals surface area contributed by atoms with Gasteiger partial charge in [-0.2, -0.15) is 0 Å². The van der Waals surface area contributed by atoms with Gasteiger partial charge in [0.25, 0.3) is 0 Å². The molecule has 3 amide bonds. The van der Waals surface area contributed by atoms with Crippen molar-refractivity contribution in [3.05, 3.63) is 54.1 Å². The van der Waals surface area contributed by atoms with Gasteiger partial charge in [0.1, 0.15) is 5.75 Å². The highest BCUT2D eigenvalue weighted by molar-refractivity contribution is 6.39. The van der Waals surface area contributed by atoms with Gasteiger partial charge in [0.2, 0.25) is 5.91 Å². The van der Waals surface area contributed by atoms with Crippen molar-refractivity contribution in [2.75, 3.05) is 57.5 Å². The first-order valence-electron chi connectivity index (χ1n) is 10.9. The van der Waals surface area contributed by atoms with Crippen molar-refractivity contribution in [1.29, 1.82) is 0 Å².